The lowest BCUT2D eigenvalue weighted by Crippen LogP contribution is -2.42. The summed E-state index contributed by atoms with van der Waals surface area (Å²) in [4.78, 5) is 4.30. The monoisotopic (exact) mass is 399 g/mol. The number of guanidine groups is 1. The van der Waals surface area contributed by atoms with Gasteiger partial charge in [0, 0.05) is 37.7 Å². The fraction of sp³-hybridized carbons (Fsp3) is 0.409. The van der Waals surface area contributed by atoms with Gasteiger partial charge in [-0.2, -0.15) is 0 Å². The summed E-state index contributed by atoms with van der Waals surface area (Å²) in [5.74, 6) is 3.88. The van der Waals surface area contributed by atoms with Gasteiger partial charge in [0.25, 0.3) is 0 Å². The maximum atomic E-state index is 5.97. The molecule has 29 heavy (non-hydrogen) atoms. The Labute approximate surface area is 172 Å². The average Bonchev–Trinajstić information content (AvgIpc) is 3.18. The van der Waals surface area contributed by atoms with E-state index in [0.29, 0.717) is 25.3 Å². The van der Waals surface area contributed by atoms with Crippen molar-refractivity contribution in [3.05, 3.63) is 47.5 Å². The van der Waals surface area contributed by atoms with Gasteiger partial charge in [-0.05, 0) is 18.1 Å². The largest absolute Gasteiger partial charge is 0.496 e. The summed E-state index contributed by atoms with van der Waals surface area (Å²) in [6.07, 6.45) is 1.72. The van der Waals surface area contributed by atoms with E-state index >= 15 is 0 Å². The predicted molar refractivity (Wildman–Crippen MR) is 114 cm³/mol. The number of aliphatic imine (C=N–C) groups is 1. The van der Waals surface area contributed by atoms with E-state index in [1.54, 1.807) is 28.4 Å². The summed E-state index contributed by atoms with van der Waals surface area (Å²) in [6.45, 7) is 1.36. The molecule has 1 atom stereocenters. The van der Waals surface area contributed by atoms with Crippen LogP contribution in [0.5, 0.6) is 23.0 Å². The molecule has 0 saturated carbocycles. The smallest absolute Gasteiger partial charge is 0.191 e. The van der Waals surface area contributed by atoms with E-state index in [9.17, 15) is 0 Å². The van der Waals surface area contributed by atoms with Crippen LogP contribution >= 0.6 is 0 Å². The van der Waals surface area contributed by atoms with Crippen LogP contribution in [0.1, 0.15) is 11.1 Å². The van der Waals surface area contributed by atoms with Crippen molar-refractivity contribution in [2.45, 2.75) is 18.9 Å². The first kappa shape index (κ1) is 20.6. The number of ether oxygens (including phenoxy) is 4. The van der Waals surface area contributed by atoms with E-state index in [1.165, 1.54) is 5.56 Å². The zero-order valence-electron chi connectivity index (χ0n) is 17.5. The van der Waals surface area contributed by atoms with Crippen molar-refractivity contribution in [2.24, 2.45) is 4.99 Å². The Morgan fingerprint density at radius 1 is 1.07 bits per heavy atom. The molecule has 1 aliphatic rings. The lowest BCUT2D eigenvalue weighted by atomic mass is 10.1. The summed E-state index contributed by atoms with van der Waals surface area (Å²) >= 11 is 0. The Morgan fingerprint density at radius 2 is 1.79 bits per heavy atom. The van der Waals surface area contributed by atoms with Gasteiger partial charge in [-0.15, -0.1) is 0 Å². The summed E-state index contributed by atoms with van der Waals surface area (Å²) in [5, 5.41) is 6.67. The lowest BCUT2D eigenvalue weighted by molar-refractivity contribution is 0.235. The molecule has 0 saturated heterocycles. The Morgan fingerprint density at radius 3 is 2.41 bits per heavy atom. The first-order valence-electron chi connectivity index (χ1n) is 9.66. The van der Waals surface area contributed by atoms with Gasteiger partial charge in [0.2, 0.25) is 0 Å². The maximum absolute atomic E-state index is 5.97. The Hall–Kier alpha value is -3.09. The Bertz CT molecular complexity index is 804. The number of hydrogen-bond donors (Lipinski definition) is 2. The molecule has 1 heterocycles. The highest BCUT2D eigenvalue weighted by atomic mass is 16.5. The number of hydrogen-bond acceptors (Lipinski definition) is 5. The van der Waals surface area contributed by atoms with Crippen LogP contribution in [0.25, 0.3) is 0 Å². The minimum absolute atomic E-state index is 0.104. The topological polar surface area (TPSA) is 73.3 Å². The SMILES string of the molecule is CN=C(NCCc1c(OC)cc(OC)cc1OC)NCC1Cc2ccccc2O1. The first-order chi connectivity index (χ1) is 14.2. The van der Waals surface area contributed by atoms with E-state index in [4.69, 9.17) is 18.9 Å². The molecule has 0 amide bonds. The molecular weight excluding hydrogens is 370 g/mol. The van der Waals surface area contributed by atoms with Crippen molar-refractivity contribution < 1.29 is 18.9 Å². The van der Waals surface area contributed by atoms with Gasteiger partial charge in [0.15, 0.2) is 5.96 Å². The zero-order valence-corrected chi connectivity index (χ0v) is 17.5. The number of para-hydroxylation sites is 1. The molecule has 7 heteroatoms. The van der Waals surface area contributed by atoms with Crippen LogP contribution in [-0.4, -0.2) is 53.5 Å². The first-order valence-corrected chi connectivity index (χ1v) is 9.66. The standard InChI is InChI=1S/C22H29N3O4/c1-23-22(25-14-17-11-15-7-5-6-8-19(15)29-17)24-10-9-18-20(27-3)12-16(26-2)13-21(18)28-4/h5-8,12-13,17H,9-11,14H2,1-4H3,(H2,23,24,25). The highest BCUT2D eigenvalue weighted by Crippen LogP contribution is 2.34. The molecular formula is C22H29N3O4. The van der Waals surface area contributed by atoms with Crippen molar-refractivity contribution in [2.75, 3.05) is 41.5 Å². The van der Waals surface area contributed by atoms with Crippen molar-refractivity contribution in [1.29, 1.82) is 0 Å². The minimum Gasteiger partial charge on any atom is -0.496 e. The number of nitrogens with one attached hydrogen (secondary N) is 2. The molecule has 0 aliphatic carbocycles. The number of rotatable bonds is 8. The summed E-state index contributed by atoms with van der Waals surface area (Å²) in [6, 6.07) is 11.9. The minimum atomic E-state index is 0.104. The normalized spacial score (nSPS) is 15.3. The fourth-order valence-electron chi connectivity index (χ4n) is 3.43. The van der Waals surface area contributed by atoms with Crippen molar-refractivity contribution in [3.63, 3.8) is 0 Å². The summed E-state index contributed by atoms with van der Waals surface area (Å²) in [7, 11) is 6.67. The molecule has 0 aromatic heterocycles. The highest BCUT2D eigenvalue weighted by Gasteiger charge is 2.22. The molecule has 0 spiro atoms. The molecule has 1 unspecified atom stereocenters. The quantitative estimate of drug-likeness (QED) is 0.525. The van der Waals surface area contributed by atoms with E-state index in [-0.39, 0.29) is 6.10 Å². The van der Waals surface area contributed by atoms with Crippen LogP contribution < -0.4 is 29.6 Å². The van der Waals surface area contributed by atoms with Crippen LogP contribution in [-0.2, 0) is 12.8 Å². The molecule has 0 bridgehead atoms. The van der Waals surface area contributed by atoms with Crippen LogP contribution in [0.3, 0.4) is 0 Å². The number of benzene rings is 2. The second-order valence-corrected chi connectivity index (χ2v) is 6.69. The summed E-state index contributed by atoms with van der Waals surface area (Å²) in [5.41, 5.74) is 2.23. The predicted octanol–water partition coefficient (Wildman–Crippen LogP) is 2.42. The van der Waals surface area contributed by atoms with Crippen molar-refractivity contribution in [3.8, 4) is 23.0 Å². The van der Waals surface area contributed by atoms with Crippen LogP contribution in [0.15, 0.2) is 41.4 Å². The van der Waals surface area contributed by atoms with Gasteiger partial charge in [-0.1, -0.05) is 18.2 Å². The van der Waals surface area contributed by atoms with Gasteiger partial charge >= 0.3 is 0 Å². The van der Waals surface area contributed by atoms with Crippen LogP contribution in [0.4, 0.5) is 0 Å². The van der Waals surface area contributed by atoms with Crippen molar-refractivity contribution in [1.82, 2.24) is 10.6 Å². The van der Waals surface area contributed by atoms with Crippen LogP contribution in [0, 0.1) is 0 Å². The van der Waals surface area contributed by atoms with Crippen molar-refractivity contribution >= 4 is 5.96 Å². The van der Waals surface area contributed by atoms with E-state index < -0.39 is 0 Å². The lowest BCUT2D eigenvalue weighted by Gasteiger charge is -2.17. The summed E-state index contributed by atoms with van der Waals surface area (Å²) < 4.78 is 22.3. The van der Waals surface area contributed by atoms with Gasteiger partial charge in [0.1, 0.15) is 29.1 Å². The molecule has 2 aromatic rings. The second-order valence-electron chi connectivity index (χ2n) is 6.69. The highest BCUT2D eigenvalue weighted by molar-refractivity contribution is 5.79. The molecule has 2 N–H and O–H groups in total. The number of methoxy groups -OCH3 is 3. The number of nitrogens with zero attached hydrogens (tertiary/aromatic N) is 1. The van der Waals surface area contributed by atoms with E-state index in [2.05, 4.69) is 21.7 Å². The molecule has 0 radical (unpaired) electrons. The van der Waals surface area contributed by atoms with Crippen LogP contribution in [0.2, 0.25) is 0 Å². The average molecular weight is 399 g/mol. The molecule has 0 fully saturated rings. The Kier molecular flexibility index (Phi) is 7.05. The van der Waals surface area contributed by atoms with Gasteiger partial charge in [-0.3, -0.25) is 4.99 Å². The molecule has 1 aliphatic heterocycles. The third-order valence-corrected chi connectivity index (χ3v) is 4.92. The third-order valence-electron chi connectivity index (χ3n) is 4.92. The van der Waals surface area contributed by atoms with Gasteiger partial charge in [-0.25, -0.2) is 0 Å². The zero-order chi connectivity index (χ0) is 20.6. The fourth-order valence-corrected chi connectivity index (χ4v) is 3.43. The van der Waals surface area contributed by atoms with E-state index in [1.807, 2.05) is 30.3 Å². The maximum Gasteiger partial charge on any atom is 0.191 e. The molecule has 3 rings (SSSR count). The third kappa shape index (κ3) is 5.04. The number of fused-ring (bicyclic) bond motifs is 1. The van der Waals surface area contributed by atoms with Gasteiger partial charge < -0.3 is 29.6 Å². The molecule has 7 nitrogen and oxygen atoms in total. The van der Waals surface area contributed by atoms with E-state index in [0.717, 1.165) is 35.2 Å². The second kappa shape index (κ2) is 9.91. The molecule has 2 aromatic carbocycles. The van der Waals surface area contributed by atoms with Gasteiger partial charge in [0.05, 0.1) is 27.9 Å². The molecule has 156 valence electrons. The Balaban J connectivity index is 1.52.